The third kappa shape index (κ3) is 2.21. The van der Waals surface area contributed by atoms with Crippen molar-refractivity contribution in [1.29, 1.82) is 0 Å². The van der Waals surface area contributed by atoms with Crippen molar-refractivity contribution in [3.63, 3.8) is 0 Å². The quantitative estimate of drug-likeness (QED) is 0.474. The normalized spacial score (nSPS) is 20.1. The molecular weight excluding hydrogens is 412 g/mol. The van der Waals surface area contributed by atoms with E-state index in [-0.39, 0.29) is 26.7 Å². The standard InChI is InChI=1S/C15H13O3.W/c1-15(2)8-7-11-13(17)12(16)9-5-3-4-6-10(9)14(11)18-15;/h4-6H,7-8H2,1-2H3;/q-1;. The van der Waals surface area contributed by atoms with E-state index in [9.17, 15) is 9.59 Å². The predicted octanol–water partition coefficient (Wildman–Crippen LogP) is 2.55. The smallest absolute Gasteiger partial charge is 0.220 e. The maximum atomic E-state index is 12.0. The largest absolute Gasteiger partial charge is 0.489 e. The Morgan fingerprint density at radius 1 is 1.21 bits per heavy atom. The van der Waals surface area contributed by atoms with E-state index in [4.69, 9.17) is 4.74 Å². The molecule has 1 heterocycles. The molecule has 0 saturated heterocycles. The zero-order valence-corrected chi connectivity index (χ0v) is 13.7. The fraction of sp³-hybridized carbons (Fsp3) is 0.333. The van der Waals surface area contributed by atoms with Crippen LogP contribution in [0.1, 0.15) is 42.6 Å². The minimum atomic E-state index is -0.441. The van der Waals surface area contributed by atoms with E-state index >= 15 is 0 Å². The van der Waals surface area contributed by atoms with Crippen molar-refractivity contribution in [2.45, 2.75) is 32.3 Å². The van der Waals surface area contributed by atoms with Gasteiger partial charge in [0.05, 0.1) is 0 Å². The molecule has 0 fully saturated rings. The summed E-state index contributed by atoms with van der Waals surface area (Å²) in [5, 5.41) is 0. The third-order valence-electron chi connectivity index (χ3n) is 3.46. The monoisotopic (exact) mass is 425 g/mol. The molecule has 0 spiro atoms. The van der Waals surface area contributed by atoms with Crippen LogP contribution in [0.4, 0.5) is 0 Å². The Bertz CT molecular complexity index is 599. The molecule has 0 unspecified atom stereocenters. The Hall–Kier alpha value is -1.21. The van der Waals surface area contributed by atoms with Gasteiger partial charge in [0.1, 0.15) is 11.4 Å². The number of ether oxygens (including phenoxy) is 1. The summed E-state index contributed by atoms with van der Waals surface area (Å²) < 4.78 is 5.92. The van der Waals surface area contributed by atoms with Gasteiger partial charge in [-0.05, 0) is 26.7 Å². The van der Waals surface area contributed by atoms with Crippen LogP contribution in [0.5, 0.6) is 0 Å². The average Bonchev–Trinajstić information content (AvgIpc) is 2.35. The van der Waals surface area contributed by atoms with Gasteiger partial charge in [0.2, 0.25) is 5.78 Å². The van der Waals surface area contributed by atoms with Crippen molar-refractivity contribution in [2.24, 2.45) is 0 Å². The molecule has 1 aromatic carbocycles. The minimum absolute atomic E-state index is 0. The van der Waals surface area contributed by atoms with Gasteiger partial charge in [-0.15, -0.1) is 0 Å². The molecule has 0 bridgehead atoms. The molecule has 0 aromatic heterocycles. The number of benzene rings is 1. The fourth-order valence-electron chi connectivity index (χ4n) is 2.44. The molecule has 4 heteroatoms. The Morgan fingerprint density at radius 3 is 2.68 bits per heavy atom. The van der Waals surface area contributed by atoms with E-state index in [1.165, 1.54) is 0 Å². The van der Waals surface area contributed by atoms with E-state index in [1.54, 1.807) is 18.2 Å². The van der Waals surface area contributed by atoms with E-state index < -0.39 is 11.6 Å². The second-order valence-corrected chi connectivity index (χ2v) is 5.30. The number of carbonyl (C=O) groups excluding carboxylic acids is 2. The van der Waals surface area contributed by atoms with Gasteiger partial charge in [0.25, 0.3) is 0 Å². The van der Waals surface area contributed by atoms with Gasteiger partial charge in [0.15, 0.2) is 5.78 Å². The van der Waals surface area contributed by atoms with E-state index in [1.807, 2.05) is 13.8 Å². The van der Waals surface area contributed by atoms with E-state index in [0.29, 0.717) is 23.3 Å². The van der Waals surface area contributed by atoms with Crippen LogP contribution in [0.25, 0.3) is 5.76 Å². The summed E-state index contributed by atoms with van der Waals surface area (Å²) in [5.41, 5.74) is 1.36. The molecule has 0 atom stereocenters. The van der Waals surface area contributed by atoms with Gasteiger partial charge in [-0.3, -0.25) is 9.59 Å². The SMILES string of the molecule is CC1(C)CCC2=C(O1)c1cc[c-]cc1C(=O)C2=O.[W]. The molecule has 19 heavy (non-hydrogen) atoms. The number of rotatable bonds is 0. The van der Waals surface area contributed by atoms with Crippen molar-refractivity contribution in [3.8, 4) is 0 Å². The molecule has 1 aliphatic heterocycles. The van der Waals surface area contributed by atoms with Crippen molar-refractivity contribution in [3.05, 3.63) is 41.0 Å². The Morgan fingerprint density at radius 2 is 1.95 bits per heavy atom. The summed E-state index contributed by atoms with van der Waals surface area (Å²) in [5.74, 6) is -0.281. The minimum Gasteiger partial charge on any atom is -0.489 e. The summed E-state index contributed by atoms with van der Waals surface area (Å²) in [6.07, 6.45) is 1.35. The molecule has 3 nitrogen and oxygen atoms in total. The topological polar surface area (TPSA) is 43.4 Å². The number of carbonyl (C=O) groups is 2. The molecular formula is C15H13O3W-. The number of Topliss-reactive ketones (excluding diaryl/α,β-unsaturated/α-hetero) is 2. The first-order valence-electron chi connectivity index (χ1n) is 6.01. The van der Waals surface area contributed by atoms with Crippen LogP contribution in [-0.2, 0) is 30.6 Å². The van der Waals surface area contributed by atoms with Crippen molar-refractivity contribution in [2.75, 3.05) is 0 Å². The van der Waals surface area contributed by atoms with Gasteiger partial charge in [-0.25, -0.2) is 0 Å². The molecule has 0 saturated carbocycles. The van der Waals surface area contributed by atoms with Gasteiger partial charge in [-0.2, -0.15) is 24.3 Å². The number of ketones is 2. The third-order valence-corrected chi connectivity index (χ3v) is 3.46. The molecule has 3 rings (SSSR count). The number of allylic oxidation sites excluding steroid dienone is 1. The second-order valence-electron chi connectivity index (χ2n) is 5.30. The van der Waals surface area contributed by atoms with Crippen LogP contribution >= 0.6 is 0 Å². The Kier molecular flexibility index (Phi) is 3.53. The predicted molar refractivity (Wildman–Crippen MR) is 65.9 cm³/mol. The van der Waals surface area contributed by atoms with Crippen LogP contribution in [0, 0.1) is 6.07 Å². The van der Waals surface area contributed by atoms with Crippen molar-refractivity contribution < 1.29 is 35.4 Å². The summed E-state index contributed by atoms with van der Waals surface area (Å²) >= 11 is 0. The van der Waals surface area contributed by atoms with Gasteiger partial charge in [-0.1, -0.05) is 11.1 Å². The number of fused-ring (bicyclic) bond motifs is 2. The summed E-state index contributed by atoms with van der Waals surface area (Å²) in [6, 6.07) is 7.92. The summed E-state index contributed by atoms with van der Waals surface area (Å²) in [6.45, 7) is 3.98. The zero-order chi connectivity index (χ0) is 12.9. The molecule has 1 aromatic rings. The molecule has 2 aliphatic rings. The summed E-state index contributed by atoms with van der Waals surface area (Å²) in [7, 11) is 0. The van der Waals surface area contributed by atoms with E-state index in [0.717, 1.165) is 12.0 Å². The summed E-state index contributed by atoms with van der Waals surface area (Å²) in [4.78, 5) is 24.0. The van der Waals surface area contributed by atoms with Crippen molar-refractivity contribution >= 4 is 17.3 Å². The van der Waals surface area contributed by atoms with Crippen LogP contribution < -0.4 is 0 Å². The van der Waals surface area contributed by atoms with Gasteiger partial charge in [0, 0.05) is 26.6 Å². The van der Waals surface area contributed by atoms with Crippen LogP contribution in [0.2, 0.25) is 0 Å². The second kappa shape index (κ2) is 4.72. The number of hydrogen-bond acceptors (Lipinski definition) is 3. The average molecular weight is 425 g/mol. The Labute approximate surface area is 126 Å². The van der Waals surface area contributed by atoms with Crippen LogP contribution in [-0.4, -0.2) is 17.2 Å². The first-order chi connectivity index (χ1) is 8.49. The first kappa shape index (κ1) is 14.2. The first-order valence-corrected chi connectivity index (χ1v) is 6.01. The number of hydrogen-bond donors (Lipinski definition) is 0. The Balaban J connectivity index is 0.00000133. The molecule has 0 amide bonds. The molecule has 98 valence electrons. The van der Waals surface area contributed by atoms with Gasteiger partial charge < -0.3 is 4.74 Å². The van der Waals surface area contributed by atoms with Crippen LogP contribution in [0.15, 0.2) is 23.8 Å². The van der Waals surface area contributed by atoms with Crippen molar-refractivity contribution in [1.82, 2.24) is 0 Å². The molecule has 0 radical (unpaired) electrons. The zero-order valence-electron chi connectivity index (χ0n) is 10.8. The maximum absolute atomic E-state index is 12.0. The molecule has 1 aliphatic carbocycles. The van der Waals surface area contributed by atoms with E-state index in [2.05, 4.69) is 6.07 Å². The van der Waals surface area contributed by atoms with Gasteiger partial charge >= 0.3 is 0 Å². The molecule has 0 N–H and O–H groups in total. The fourth-order valence-corrected chi connectivity index (χ4v) is 2.44. The maximum Gasteiger partial charge on any atom is 0.220 e. The van der Waals surface area contributed by atoms with Crippen LogP contribution in [0.3, 0.4) is 0 Å².